The summed E-state index contributed by atoms with van der Waals surface area (Å²) >= 11 is 0. The summed E-state index contributed by atoms with van der Waals surface area (Å²) in [7, 11) is 0. The normalized spacial score (nSPS) is 12.9. The number of alkyl halides is 3. The number of hydrogen-bond acceptors (Lipinski definition) is 1. The molecule has 0 aliphatic rings. The molecule has 0 atom stereocenters. The number of benzene rings is 2. The Balaban J connectivity index is 2.79. The smallest absolute Gasteiger partial charge is 0.330 e. The summed E-state index contributed by atoms with van der Waals surface area (Å²) in [4.78, 5) is 0. The fraction of sp³-hybridized carbons (Fsp3) is 0.333. The maximum Gasteiger partial charge on any atom is 0.417 e. The molecule has 2 N–H and O–H groups in total. The first-order valence-corrected chi connectivity index (χ1v) is 6.07. The van der Waals surface area contributed by atoms with E-state index in [-0.39, 0.29) is 10.8 Å². The molecule has 2 aromatic rings. The first kappa shape index (κ1) is 13.9. The van der Waals surface area contributed by atoms with Crippen LogP contribution in [-0.2, 0) is 11.6 Å². The summed E-state index contributed by atoms with van der Waals surface area (Å²) in [5.74, 6) is 0. The predicted molar refractivity (Wildman–Crippen MR) is 71.0 cm³/mol. The molecule has 0 bridgehead atoms. The van der Waals surface area contributed by atoms with Crippen molar-refractivity contribution in [3.63, 3.8) is 0 Å². The van der Waals surface area contributed by atoms with Gasteiger partial charge in [-0.3, -0.25) is 0 Å². The van der Waals surface area contributed by atoms with Gasteiger partial charge in [0.2, 0.25) is 0 Å². The lowest BCUT2D eigenvalue weighted by atomic mass is 9.81. The van der Waals surface area contributed by atoms with Crippen LogP contribution < -0.4 is 5.73 Å². The summed E-state index contributed by atoms with van der Waals surface area (Å²) in [5.41, 5.74) is 5.62. The molecule has 2 rings (SSSR count). The average molecular weight is 267 g/mol. The first-order valence-electron chi connectivity index (χ1n) is 6.07. The van der Waals surface area contributed by atoms with Crippen LogP contribution in [0.25, 0.3) is 10.8 Å². The molecule has 0 saturated heterocycles. The summed E-state index contributed by atoms with van der Waals surface area (Å²) in [6, 6.07) is 9.29. The minimum absolute atomic E-state index is 0.231. The van der Waals surface area contributed by atoms with Crippen LogP contribution >= 0.6 is 0 Å². The van der Waals surface area contributed by atoms with E-state index in [2.05, 4.69) is 0 Å². The van der Waals surface area contributed by atoms with E-state index in [1.54, 1.807) is 12.1 Å². The van der Waals surface area contributed by atoms with Gasteiger partial charge in [0.15, 0.2) is 0 Å². The van der Waals surface area contributed by atoms with Gasteiger partial charge in [0.25, 0.3) is 0 Å². The maximum atomic E-state index is 13.0. The second kappa shape index (κ2) is 4.53. The Hall–Kier alpha value is -1.55. The second-order valence-corrected chi connectivity index (χ2v) is 5.29. The van der Waals surface area contributed by atoms with E-state index in [0.717, 1.165) is 11.6 Å². The summed E-state index contributed by atoms with van der Waals surface area (Å²) < 4.78 is 39.0. The minimum atomic E-state index is -4.34. The highest BCUT2D eigenvalue weighted by molar-refractivity contribution is 5.89. The molecule has 0 aliphatic heterocycles. The fourth-order valence-electron chi connectivity index (χ4n) is 2.26. The van der Waals surface area contributed by atoms with Crippen molar-refractivity contribution >= 4 is 10.8 Å². The minimum Gasteiger partial charge on any atom is -0.330 e. The van der Waals surface area contributed by atoms with Crippen molar-refractivity contribution in [3.8, 4) is 0 Å². The quantitative estimate of drug-likeness (QED) is 0.871. The van der Waals surface area contributed by atoms with Crippen LogP contribution in [0.3, 0.4) is 0 Å². The van der Waals surface area contributed by atoms with Crippen molar-refractivity contribution in [1.82, 2.24) is 0 Å². The third-order valence-corrected chi connectivity index (χ3v) is 3.47. The van der Waals surface area contributed by atoms with Gasteiger partial charge in [-0.25, -0.2) is 0 Å². The lowest BCUT2D eigenvalue weighted by Gasteiger charge is -2.25. The highest BCUT2D eigenvalue weighted by atomic mass is 19.4. The van der Waals surface area contributed by atoms with E-state index < -0.39 is 11.7 Å². The number of rotatable bonds is 2. The van der Waals surface area contributed by atoms with E-state index in [0.29, 0.717) is 11.9 Å². The predicted octanol–water partition coefficient (Wildman–Crippen LogP) is 4.09. The molecular formula is C15H16F3N. The molecule has 0 aliphatic carbocycles. The number of halogens is 3. The third kappa shape index (κ3) is 2.45. The zero-order chi connectivity index (χ0) is 14.3. The molecule has 0 heterocycles. The van der Waals surface area contributed by atoms with Gasteiger partial charge in [0, 0.05) is 12.0 Å². The standard InChI is InChI=1S/C15H16F3N/c1-14(2,9-19)12-7-3-6-11-10(12)5-4-8-13(11)15(16,17)18/h3-8H,9,19H2,1-2H3. The van der Waals surface area contributed by atoms with Gasteiger partial charge in [-0.2, -0.15) is 13.2 Å². The van der Waals surface area contributed by atoms with Gasteiger partial charge < -0.3 is 5.73 Å². The molecule has 4 heteroatoms. The topological polar surface area (TPSA) is 26.0 Å². The van der Waals surface area contributed by atoms with Gasteiger partial charge >= 0.3 is 6.18 Å². The Bertz CT molecular complexity index is 600. The molecule has 19 heavy (non-hydrogen) atoms. The van der Waals surface area contributed by atoms with Crippen molar-refractivity contribution < 1.29 is 13.2 Å². The Morgan fingerprint density at radius 3 is 1.84 bits per heavy atom. The van der Waals surface area contributed by atoms with Gasteiger partial charge in [-0.05, 0) is 22.4 Å². The molecule has 0 spiro atoms. The second-order valence-electron chi connectivity index (χ2n) is 5.29. The highest BCUT2D eigenvalue weighted by Crippen LogP contribution is 2.37. The van der Waals surface area contributed by atoms with Crippen LogP contribution in [0.4, 0.5) is 13.2 Å². The molecule has 0 saturated carbocycles. The average Bonchev–Trinajstić information content (AvgIpc) is 2.36. The Labute approximate surface area is 110 Å². The van der Waals surface area contributed by atoms with Crippen molar-refractivity contribution in [2.45, 2.75) is 25.4 Å². The zero-order valence-corrected chi connectivity index (χ0v) is 10.9. The molecule has 0 unspecified atom stereocenters. The van der Waals surface area contributed by atoms with Crippen LogP contribution in [0.15, 0.2) is 36.4 Å². The van der Waals surface area contributed by atoms with Gasteiger partial charge in [0.05, 0.1) is 5.56 Å². The summed E-state index contributed by atoms with van der Waals surface area (Å²) in [6.07, 6.45) is -4.34. The van der Waals surface area contributed by atoms with Crippen molar-refractivity contribution in [3.05, 3.63) is 47.5 Å². The summed E-state index contributed by atoms with van der Waals surface area (Å²) in [5, 5.41) is 0.849. The monoisotopic (exact) mass is 267 g/mol. The van der Waals surface area contributed by atoms with Crippen LogP contribution in [0.1, 0.15) is 25.0 Å². The Kier molecular flexibility index (Phi) is 3.31. The third-order valence-electron chi connectivity index (χ3n) is 3.47. The van der Waals surface area contributed by atoms with Crippen LogP contribution in [-0.4, -0.2) is 6.54 Å². The van der Waals surface area contributed by atoms with E-state index in [4.69, 9.17) is 5.73 Å². The van der Waals surface area contributed by atoms with E-state index in [9.17, 15) is 13.2 Å². The summed E-state index contributed by atoms with van der Waals surface area (Å²) in [6.45, 7) is 4.24. The van der Waals surface area contributed by atoms with E-state index in [1.165, 1.54) is 12.1 Å². The molecule has 1 nitrogen and oxygen atoms in total. The molecule has 0 fully saturated rings. The Morgan fingerprint density at radius 2 is 1.37 bits per heavy atom. The van der Waals surface area contributed by atoms with Crippen LogP contribution in [0.2, 0.25) is 0 Å². The van der Waals surface area contributed by atoms with Crippen molar-refractivity contribution in [1.29, 1.82) is 0 Å². The van der Waals surface area contributed by atoms with E-state index >= 15 is 0 Å². The lowest BCUT2D eigenvalue weighted by Crippen LogP contribution is -2.28. The van der Waals surface area contributed by atoms with Gasteiger partial charge in [-0.1, -0.05) is 44.2 Å². The Morgan fingerprint density at radius 1 is 0.895 bits per heavy atom. The van der Waals surface area contributed by atoms with Gasteiger partial charge in [-0.15, -0.1) is 0 Å². The van der Waals surface area contributed by atoms with Crippen molar-refractivity contribution in [2.24, 2.45) is 5.73 Å². The lowest BCUT2D eigenvalue weighted by molar-refractivity contribution is -0.136. The number of fused-ring (bicyclic) bond motifs is 1. The maximum absolute atomic E-state index is 13.0. The zero-order valence-electron chi connectivity index (χ0n) is 10.9. The molecular weight excluding hydrogens is 251 g/mol. The number of nitrogens with two attached hydrogens (primary N) is 1. The number of hydrogen-bond donors (Lipinski definition) is 1. The highest BCUT2D eigenvalue weighted by Gasteiger charge is 2.33. The van der Waals surface area contributed by atoms with E-state index in [1.807, 2.05) is 19.9 Å². The molecule has 0 amide bonds. The SMILES string of the molecule is CC(C)(CN)c1cccc2c(C(F)(F)F)cccc12. The van der Waals surface area contributed by atoms with Gasteiger partial charge in [0.1, 0.15) is 0 Å². The molecule has 0 radical (unpaired) electrons. The largest absolute Gasteiger partial charge is 0.417 e. The van der Waals surface area contributed by atoms with Crippen molar-refractivity contribution in [2.75, 3.05) is 6.54 Å². The molecule has 2 aromatic carbocycles. The molecule has 0 aromatic heterocycles. The van der Waals surface area contributed by atoms with Crippen LogP contribution in [0, 0.1) is 0 Å². The van der Waals surface area contributed by atoms with Crippen LogP contribution in [0.5, 0.6) is 0 Å². The molecule has 102 valence electrons. The first-order chi connectivity index (χ1) is 8.77. The fourth-order valence-corrected chi connectivity index (χ4v) is 2.26.